The lowest BCUT2D eigenvalue weighted by Crippen LogP contribution is -2.42. The molecular weight excluding hydrogens is 200 g/mol. The lowest BCUT2D eigenvalue weighted by molar-refractivity contribution is 0.00443. The lowest BCUT2D eigenvalue weighted by Gasteiger charge is -2.30. The summed E-state index contributed by atoms with van der Waals surface area (Å²) in [7, 11) is 0. The van der Waals surface area contributed by atoms with Crippen molar-refractivity contribution in [2.75, 3.05) is 19.6 Å². The highest BCUT2D eigenvalue weighted by molar-refractivity contribution is 4.94. The Kier molecular flexibility index (Phi) is 3.88. The van der Waals surface area contributed by atoms with Crippen molar-refractivity contribution in [2.24, 2.45) is 11.7 Å². The summed E-state index contributed by atoms with van der Waals surface area (Å²) in [6.45, 7) is 4.97. The van der Waals surface area contributed by atoms with Gasteiger partial charge < -0.3 is 15.7 Å². The Bertz CT molecular complexity index is 230. The number of hydrogen-bond donors (Lipinski definition) is 2. The van der Waals surface area contributed by atoms with Crippen LogP contribution in [-0.2, 0) is 0 Å². The maximum atomic E-state index is 10.4. The first kappa shape index (κ1) is 12.3. The Morgan fingerprint density at radius 1 is 1.38 bits per heavy atom. The van der Waals surface area contributed by atoms with E-state index in [0.717, 1.165) is 44.8 Å². The van der Waals surface area contributed by atoms with Crippen LogP contribution in [0.5, 0.6) is 0 Å². The van der Waals surface area contributed by atoms with Crippen molar-refractivity contribution in [3.8, 4) is 0 Å². The van der Waals surface area contributed by atoms with Gasteiger partial charge in [0.1, 0.15) is 0 Å². The Hall–Kier alpha value is -0.120. The predicted octanol–water partition coefficient (Wildman–Crippen LogP) is 1.35. The Labute approximate surface area is 99.0 Å². The first-order valence-electron chi connectivity index (χ1n) is 6.86. The Morgan fingerprint density at radius 3 is 2.69 bits per heavy atom. The second kappa shape index (κ2) is 5.03. The molecule has 2 unspecified atom stereocenters. The molecule has 0 heterocycles. The molecule has 0 amide bonds. The van der Waals surface area contributed by atoms with Gasteiger partial charge in [-0.25, -0.2) is 0 Å². The minimum absolute atomic E-state index is 0.435. The van der Waals surface area contributed by atoms with E-state index >= 15 is 0 Å². The average Bonchev–Trinajstić information content (AvgIpc) is 3.05. The van der Waals surface area contributed by atoms with Crippen LogP contribution in [0.15, 0.2) is 0 Å². The molecule has 0 bridgehead atoms. The molecule has 3 N–H and O–H groups in total. The summed E-state index contributed by atoms with van der Waals surface area (Å²) in [5, 5.41) is 10.4. The molecule has 2 rings (SSSR count). The standard InChI is InChI=1S/C13H26N2O/c1-2-15(12-5-6-12)9-7-11-4-3-8-13(11,16)10-14/h11-12,16H,2-10,14H2,1H3. The second-order valence-corrected chi connectivity index (χ2v) is 5.55. The van der Waals surface area contributed by atoms with E-state index in [0.29, 0.717) is 12.5 Å². The van der Waals surface area contributed by atoms with E-state index in [1.807, 2.05) is 0 Å². The van der Waals surface area contributed by atoms with Crippen molar-refractivity contribution < 1.29 is 5.11 Å². The van der Waals surface area contributed by atoms with Crippen LogP contribution < -0.4 is 5.73 Å². The van der Waals surface area contributed by atoms with E-state index in [-0.39, 0.29) is 0 Å². The molecule has 2 aliphatic carbocycles. The highest BCUT2D eigenvalue weighted by Gasteiger charge is 2.40. The Balaban J connectivity index is 1.80. The summed E-state index contributed by atoms with van der Waals surface area (Å²) < 4.78 is 0. The van der Waals surface area contributed by atoms with Crippen molar-refractivity contribution in [1.82, 2.24) is 4.90 Å². The summed E-state index contributed by atoms with van der Waals surface area (Å²) >= 11 is 0. The van der Waals surface area contributed by atoms with Gasteiger partial charge in [-0.1, -0.05) is 13.3 Å². The molecule has 3 heteroatoms. The smallest absolute Gasteiger partial charge is 0.0797 e. The van der Waals surface area contributed by atoms with Crippen molar-refractivity contribution in [2.45, 2.75) is 57.1 Å². The van der Waals surface area contributed by atoms with E-state index in [9.17, 15) is 5.11 Å². The zero-order valence-electron chi connectivity index (χ0n) is 10.5. The van der Waals surface area contributed by atoms with E-state index in [2.05, 4.69) is 11.8 Å². The van der Waals surface area contributed by atoms with Crippen LogP contribution in [0.4, 0.5) is 0 Å². The van der Waals surface area contributed by atoms with Crippen LogP contribution in [0.25, 0.3) is 0 Å². The molecule has 94 valence electrons. The number of nitrogens with zero attached hydrogens (tertiary/aromatic N) is 1. The molecule has 16 heavy (non-hydrogen) atoms. The highest BCUT2D eigenvalue weighted by atomic mass is 16.3. The highest BCUT2D eigenvalue weighted by Crippen LogP contribution is 2.38. The van der Waals surface area contributed by atoms with Gasteiger partial charge >= 0.3 is 0 Å². The van der Waals surface area contributed by atoms with Gasteiger partial charge in [0.25, 0.3) is 0 Å². The summed E-state index contributed by atoms with van der Waals surface area (Å²) in [5.41, 5.74) is 5.15. The SMILES string of the molecule is CCN(CCC1CCCC1(O)CN)C1CC1. The molecule has 2 atom stereocenters. The van der Waals surface area contributed by atoms with Gasteiger partial charge in [-0.2, -0.15) is 0 Å². The average molecular weight is 226 g/mol. The molecule has 3 nitrogen and oxygen atoms in total. The fraction of sp³-hybridized carbons (Fsp3) is 1.00. The molecule has 0 aromatic carbocycles. The summed E-state index contributed by atoms with van der Waals surface area (Å²) in [5.74, 6) is 0.435. The first-order valence-corrected chi connectivity index (χ1v) is 6.86. The summed E-state index contributed by atoms with van der Waals surface area (Å²) in [6, 6.07) is 0.845. The molecule has 2 aliphatic rings. The minimum atomic E-state index is -0.553. The molecule has 0 radical (unpaired) electrons. The normalized spacial score (nSPS) is 34.9. The number of nitrogens with two attached hydrogens (primary N) is 1. The topological polar surface area (TPSA) is 49.5 Å². The maximum absolute atomic E-state index is 10.4. The van der Waals surface area contributed by atoms with E-state index in [1.54, 1.807) is 0 Å². The van der Waals surface area contributed by atoms with Crippen LogP contribution in [-0.4, -0.2) is 41.3 Å². The van der Waals surface area contributed by atoms with Crippen molar-refractivity contribution >= 4 is 0 Å². The van der Waals surface area contributed by atoms with Gasteiger partial charge in [0.15, 0.2) is 0 Å². The van der Waals surface area contributed by atoms with Gasteiger partial charge in [0, 0.05) is 12.6 Å². The largest absolute Gasteiger partial charge is 0.388 e. The van der Waals surface area contributed by atoms with Crippen molar-refractivity contribution in [3.63, 3.8) is 0 Å². The van der Waals surface area contributed by atoms with Gasteiger partial charge in [-0.3, -0.25) is 0 Å². The molecule has 2 saturated carbocycles. The van der Waals surface area contributed by atoms with Crippen LogP contribution in [0.1, 0.15) is 45.4 Å². The Morgan fingerprint density at radius 2 is 2.12 bits per heavy atom. The molecule has 0 aliphatic heterocycles. The summed E-state index contributed by atoms with van der Waals surface area (Å²) in [4.78, 5) is 2.56. The number of aliphatic hydroxyl groups is 1. The van der Waals surface area contributed by atoms with Gasteiger partial charge in [-0.15, -0.1) is 0 Å². The van der Waals surface area contributed by atoms with E-state index in [4.69, 9.17) is 5.73 Å². The fourth-order valence-corrected chi connectivity index (χ4v) is 3.17. The minimum Gasteiger partial charge on any atom is -0.388 e. The van der Waals surface area contributed by atoms with E-state index < -0.39 is 5.60 Å². The lowest BCUT2D eigenvalue weighted by atomic mass is 9.88. The number of rotatable bonds is 6. The van der Waals surface area contributed by atoms with Crippen LogP contribution in [0.2, 0.25) is 0 Å². The van der Waals surface area contributed by atoms with Crippen molar-refractivity contribution in [3.05, 3.63) is 0 Å². The van der Waals surface area contributed by atoms with Gasteiger partial charge in [-0.05, 0) is 51.1 Å². The third-order valence-corrected chi connectivity index (χ3v) is 4.51. The van der Waals surface area contributed by atoms with Crippen LogP contribution in [0.3, 0.4) is 0 Å². The molecular formula is C13H26N2O. The molecule has 2 fully saturated rings. The third kappa shape index (κ3) is 2.58. The molecule has 0 saturated heterocycles. The zero-order chi connectivity index (χ0) is 11.6. The first-order chi connectivity index (χ1) is 7.69. The monoisotopic (exact) mass is 226 g/mol. The van der Waals surface area contributed by atoms with E-state index in [1.165, 1.54) is 12.8 Å². The second-order valence-electron chi connectivity index (χ2n) is 5.55. The number of hydrogen-bond acceptors (Lipinski definition) is 3. The van der Waals surface area contributed by atoms with Gasteiger partial charge in [0.2, 0.25) is 0 Å². The van der Waals surface area contributed by atoms with Crippen LogP contribution in [0, 0.1) is 5.92 Å². The summed E-state index contributed by atoms with van der Waals surface area (Å²) in [6.07, 6.45) is 7.09. The third-order valence-electron chi connectivity index (χ3n) is 4.51. The quantitative estimate of drug-likeness (QED) is 0.719. The maximum Gasteiger partial charge on any atom is 0.0797 e. The van der Waals surface area contributed by atoms with Crippen molar-refractivity contribution in [1.29, 1.82) is 0 Å². The zero-order valence-corrected chi connectivity index (χ0v) is 10.5. The molecule has 0 spiro atoms. The molecule has 0 aromatic rings. The van der Waals surface area contributed by atoms with Gasteiger partial charge in [0.05, 0.1) is 5.60 Å². The predicted molar refractivity (Wildman–Crippen MR) is 66.2 cm³/mol. The van der Waals surface area contributed by atoms with Crippen LogP contribution >= 0.6 is 0 Å². The molecule has 0 aromatic heterocycles. The fourth-order valence-electron chi connectivity index (χ4n) is 3.17.